The predicted molar refractivity (Wildman–Crippen MR) is 77.0 cm³/mol. The summed E-state index contributed by atoms with van der Waals surface area (Å²) in [5.74, 6) is 0. The molecule has 0 aliphatic heterocycles. The first-order valence-corrected chi connectivity index (χ1v) is 6.85. The van der Waals surface area contributed by atoms with Gasteiger partial charge in [0.1, 0.15) is 0 Å². The lowest BCUT2D eigenvalue weighted by Crippen LogP contribution is -2.52. The molecule has 17 heavy (non-hydrogen) atoms. The standard InChI is InChI=1S/C16H29N/c1-13(2)7-6-10-16(5,17)15(4)11-8-14(3)9-12-15/h7-8H,6,9-12,17H2,1-5H3/t15-,16+/m0/s1. The summed E-state index contributed by atoms with van der Waals surface area (Å²) in [4.78, 5) is 0. The van der Waals surface area contributed by atoms with Crippen molar-refractivity contribution in [2.45, 2.75) is 72.3 Å². The van der Waals surface area contributed by atoms with Gasteiger partial charge in [0, 0.05) is 5.54 Å². The van der Waals surface area contributed by atoms with Gasteiger partial charge in [0.15, 0.2) is 0 Å². The van der Waals surface area contributed by atoms with Crippen LogP contribution in [0.4, 0.5) is 0 Å². The Hall–Kier alpha value is -0.560. The summed E-state index contributed by atoms with van der Waals surface area (Å²) < 4.78 is 0. The fraction of sp³-hybridized carbons (Fsp3) is 0.750. The molecule has 1 aliphatic rings. The van der Waals surface area contributed by atoms with Crippen LogP contribution in [0.1, 0.15) is 66.7 Å². The summed E-state index contributed by atoms with van der Waals surface area (Å²) >= 11 is 0. The van der Waals surface area contributed by atoms with Gasteiger partial charge in [-0.2, -0.15) is 0 Å². The Kier molecular flexibility index (Phi) is 4.60. The summed E-state index contributed by atoms with van der Waals surface area (Å²) in [6.45, 7) is 11.1. The van der Waals surface area contributed by atoms with Crippen LogP contribution >= 0.6 is 0 Å². The highest BCUT2D eigenvalue weighted by Crippen LogP contribution is 2.44. The van der Waals surface area contributed by atoms with Crippen molar-refractivity contribution in [3.8, 4) is 0 Å². The second kappa shape index (κ2) is 5.39. The van der Waals surface area contributed by atoms with Crippen LogP contribution in [0.2, 0.25) is 0 Å². The molecule has 1 heteroatoms. The Balaban J connectivity index is 2.66. The third-order valence-electron chi connectivity index (χ3n) is 4.57. The molecule has 1 aliphatic carbocycles. The van der Waals surface area contributed by atoms with Crippen LogP contribution in [0.3, 0.4) is 0 Å². The highest BCUT2D eigenvalue weighted by Gasteiger charge is 2.40. The van der Waals surface area contributed by atoms with Crippen molar-refractivity contribution in [2.24, 2.45) is 11.1 Å². The highest BCUT2D eigenvalue weighted by molar-refractivity contribution is 5.12. The van der Waals surface area contributed by atoms with E-state index in [4.69, 9.17) is 5.73 Å². The van der Waals surface area contributed by atoms with E-state index in [1.807, 2.05) is 0 Å². The minimum Gasteiger partial charge on any atom is -0.325 e. The molecule has 1 nitrogen and oxygen atoms in total. The molecule has 0 fully saturated rings. The molecule has 98 valence electrons. The number of allylic oxidation sites excluding steroid dienone is 4. The largest absolute Gasteiger partial charge is 0.325 e. The van der Waals surface area contributed by atoms with Crippen molar-refractivity contribution < 1.29 is 0 Å². The van der Waals surface area contributed by atoms with Gasteiger partial charge in [0.05, 0.1) is 0 Å². The van der Waals surface area contributed by atoms with E-state index in [-0.39, 0.29) is 11.0 Å². The smallest absolute Gasteiger partial charge is 0.0186 e. The highest BCUT2D eigenvalue weighted by atomic mass is 14.8. The molecule has 0 unspecified atom stereocenters. The van der Waals surface area contributed by atoms with Gasteiger partial charge in [-0.3, -0.25) is 0 Å². The van der Waals surface area contributed by atoms with Crippen molar-refractivity contribution in [2.75, 3.05) is 0 Å². The molecule has 0 saturated carbocycles. The Morgan fingerprint density at radius 3 is 2.65 bits per heavy atom. The molecule has 0 saturated heterocycles. The van der Waals surface area contributed by atoms with Crippen molar-refractivity contribution in [1.82, 2.24) is 0 Å². The van der Waals surface area contributed by atoms with E-state index in [1.54, 1.807) is 0 Å². The van der Waals surface area contributed by atoms with E-state index in [9.17, 15) is 0 Å². The van der Waals surface area contributed by atoms with Crippen LogP contribution in [0.15, 0.2) is 23.3 Å². The van der Waals surface area contributed by atoms with E-state index in [2.05, 4.69) is 46.8 Å². The molecule has 0 aromatic heterocycles. The molecule has 0 spiro atoms. The minimum absolute atomic E-state index is 0.0594. The topological polar surface area (TPSA) is 26.0 Å². The fourth-order valence-corrected chi connectivity index (χ4v) is 2.56. The molecule has 0 radical (unpaired) electrons. The van der Waals surface area contributed by atoms with E-state index >= 15 is 0 Å². The molecule has 0 heterocycles. The van der Waals surface area contributed by atoms with Crippen molar-refractivity contribution in [1.29, 1.82) is 0 Å². The Morgan fingerprint density at radius 1 is 1.53 bits per heavy atom. The third kappa shape index (κ3) is 3.70. The zero-order chi connectivity index (χ0) is 13.1. The molecule has 0 bridgehead atoms. The molecule has 0 amide bonds. The van der Waals surface area contributed by atoms with Crippen LogP contribution in [0.25, 0.3) is 0 Å². The van der Waals surface area contributed by atoms with Crippen LogP contribution in [0, 0.1) is 5.41 Å². The molecular weight excluding hydrogens is 206 g/mol. The Morgan fingerprint density at radius 2 is 2.18 bits per heavy atom. The number of hydrogen-bond donors (Lipinski definition) is 1. The third-order valence-corrected chi connectivity index (χ3v) is 4.57. The predicted octanol–water partition coefficient (Wildman–Crippen LogP) is 4.59. The molecule has 2 atom stereocenters. The van der Waals surface area contributed by atoms with Gasteiger partial charge in [0.25, 0.3) is 0 Å². The van der Waals surface area contributed by atoms with Crippen LogP contribution in [0.5, 0.6) is 0 Å². The first-order chi connectivity index (χ1) is 7.77. The van der Waals surface area contributed by atoms with Crippen LogP contribution < -0.4 is 5.73 Å². The molecule has 1 rings (SSSR count). The van der Waals surface area contributed by atoms with Crippen molar-refractivity contribution in [3.63, 3.8) is 0 Å². The Labute approximate surface area is 107 Å². The van der Waals surface area contributed by atoms with Gasteiger partial charge in [-0.25, -0.2) is 0 Å². The zero-order valence-electron chi connectivity index (χ0n) is 12.3. The maximum absolute atomic E-state index is 6.60. The summed E-state index contributed by atoms with van der Waals surface area (Å²) in [6, 6.07) is 0. The van der Waals surface area contributed by atoms with Crippen LogP contribution in [-0.4, -0.2) is 5.54 Å². The first-order valence-electron chi connectivity index (χ1n) is 6.85. The maximum Gasteiger partial charge on any atom is 0.0186 e. The second-order valence-corrected chi connectivity index (χ2v) is 6.55. The molecular formula is C16H29N. The zero-order valence-corrected chi connectivity index (χ0v) is 12.3. The Bertz CT molecular complexity index is 318. The summed E-state index contributed by atoms with van der Waals surface area (Å²) in [6.07, 6.45) is 10.5. The summed E-state index contributed by atoms with van der Waals surface area (Å²) in [5, 5.41) is 0. The average molecular weight is 235 g/mol. The van der Waals surface area contributed by atoms with E-state index in [1.165, 1.54) is 24.0 Å². The quantitative estimate of drug-likeness (QED) is 0.709. The van der Waals surface area contributed by atoms with Gasteiger partial charge in [-0.15, -0.1) is 0 Å². The van der Waals surface area contributed by atoms with E-state index in [0.717, 1.165) is 19.3 Å². The van der Waals surface area contributed by atoms with Gasteiger partial charge >= 0.3 is 0 Å². The van der Waals surface area contributed by atoms with E-state index < -0.39 is 0 Å². The molecule has 0 aromatic rings. The average Bonchev–Trinajstić information content (AvgIpc) is 2.21. The lowest BCUT2D eigenvalue weighted by atomic mass is 9.63. The van der Waals surface area contributed by atoms with Gasteiger partial charge < -0.3 is 5.73 Å². The van der Waals surface area contributed by atoms with E-state index in [0.29, 0.717) is 0 Å². The lowest BCUT2D eigenvalue weighted by molar-refractivity contribution is 0.130. The number of rotatable bonds is 4. The SMILES string of the molecule is CC(C)=CCC[C@@](C)(N)[C@@]1(C)CC=C(C)CC1. The normalized spacial score (nSPS) is 28.2. The lowest BCUT2D eigenvalue weighted by Gasteiger charge is -2.46. The summed E-state index contributed by atoms with van der Waals surface area (Å²) in [5.41, 5.74) is 9.73. The molecule has 2 N–H and O–H groups in total. The van der Waals surface area contributed by atoms with Crippen LogP contribution in [-0.2, 0) is 0 Å². The minimum atomic E-state index is -0.0594. The monoisotopic (exact) mass is 235 g/mol. The first kappa shape index (κ1) is 14.5. The fourth-order valence-electron chi connectivity index (χ4n) is 2.56. The second-order valence-electron chi connectivity index (χ2n) is 6.55. The van der Waals surface area contributed by atoms with Gasteiger partial charge in [-0.05, 0) is 65.2 Å². The van der Waals surface area contributed by atoms with Gasteiger partial charge in [0.2, 0.25) is 0 Å². The number of nitrogens with two attached hydrogens (primary N) is 1. The van der Waals surface area contributed by atoms with Crippen molar-refractivity contribution >= 4 is 0 Å². The van der Waals surface area contributed by atoms with Crippen molar-refractivity contribution in [3.05, 3.63) is 23.3 Å². The number of hydrogen-bond acceptors (Lipinski definition) is 1. The van der Waals surface area contributed by atoms with Gasteiger partial charge in [-0.1, -0.05) is 30.2 Å². The molecule has 0 aromatic carbocycles. The maximum atomic E-state index is 6.60. The summed E-state index contributed by atoms with van der Waals surface area (Å²) in [7, 11) is 0.